The van der Waals surface area contributed by atoms with Gasteiger partial charge in [-0.1, -0.05) is 11.6 Å². The van der Waals surface area contributed by atoms with Crippen LogP contribution < -0.4 is 0 Å². The van der Waals surface area contributed by atoms with Crippen molar-refractivity contribution < 1.29 is 9.50 Å². The van der Waals surface area contributed by atoms with Crippen LogP contribution in [0, 0.1) is 12.7 Å². The van der Waals surface area contributed by atoms with E-state index in [1.54, 1.807) is 6.07 Å². The van der Waals surface area contributed by atoms with Crippen molar-refractivity contribution in [1.82, 2.24) is 0 Å². The minimum absolute atomic E-state index is 0.180. The van der Waals surface area contributed by atoms with Gasteiger partial charge >= 0.3 is 0 Å². The molecule has 1 N–H and O–H groups in total. The lowest BCUT2D eigenvalue weighted by molar-refractivity contribution is 0.218. The average molecular weight is 336 g/mol. The Morgan fingerprint density at radius 1 is 1.35 bits per heavy atom. The predicted octanol–water partition coefficient (Wildman–Crippen LogP) is 4.69. The predicted molar refractivity (Wildman–Crippen MR) is 72.2 cm³/mol. The molecular weight excluding hydrogens is 327 g/mol. The van der Waals surface area contributed by atoms with E-state index in [2.05, 4.69) is 15.9 Å². The van der Waals surface area contributed by atoms with Gasteiger partial charge in [-0.05, 0) is 47.1 Å². The summed E-state index contributed by atoms with van der Waals surface area (Å²) in [6.45, 7) is 1.93. The van der Waals surface area contributed by atoms with Crippen molar-refractivity contribution in [3.05, 3.63) is 54.9 Å². The fraction of sp³-hybridized carbons (Fsp3) is 0.167. The molecule has 1 nitrogen and oxygen atoms in total. The van der Waals surface area contributed by atoms with E-state index in [1.165, 1.54) is 23.5 Å². The quantitative estimate of drug-likeness (QED) is 0.789. The number of halogens is 3. The first-order valence-electron chi connectivity index (χ1n) is 4.88. The van der Waals surface area contributed by atoms with Crippen LogP contribution in [0.2, 0.25) is 5.02 Å². The number of aliphatic hydroxyl groups is 1. The van der Waals surface area contributed by atoms with Crippen LogP contribution in [0.1, 0.15) is 21.4 Å². The summed E-state index contributed by atoms with van der Waals surface area (Å²) >= 11 is 10.5. The van der Waals surface area contributed by atoms with Crippen LogP contribution in [0.15, 0.2) is 28.7 Å². The van der Waals surface area contributed by atoms with Crippen LogP contribution >= 0.6 is 38.9 Å². The number of aliphatic hydroxyl groups excluding tert-OH is 1. The minimum atomic E-state index is -0.998. The fourth-order valence-corrected chi connectivity index (χ4v) is 3.11. The fourth-order valence-electron chi connectivity index (χ4n) is 1.54. The molecule has 5 heteroatoms. The minimum Gasteiger partial charge on any atom is -0.383 e. The van der Waals surface area contributed by atoms with Crippen LogP contribution in [-0.2, 0) is 0 Å². The second-order valence-corrected chi connectivity index (χ2v) is 6.13. The first kappa shape index (κ1) is 13.0. The van der Waals surface area contributed by atoms with Gasteiger partial charge < -0.3 is 5.11 Å². The zero-order chi connectivity index (χ0) is 12.6. The molecule has 1 aromatic carbocycles. The largest absolute Gasteiger partial charge is 0.383 e. The second-order valence-electron chi connectivity index (χ2n) is 3.61. The van der Waals surface area contributed by atoms with Crippen LogP contribution in [-0.4, -0.2) is 5.11 Å². The van der Waals surface area contributed by atoms with Crippen molar-refractivity contribution in [1.29, 1.82) is 0 Å². The van der Waals surface area contributed by atoms with Gasteiger partial charge in [-0.2, -0.15) is 0 Å². The van der Waals surface area contributed by atoms with Gasteiger partial charge in [0.2, 0.25) is 0 Å². The molecule has 1 atom stereocenters. The zero-order valence-corrected chi connectivity index (χ0v) is 12.0. The SMILES string of the molecule is Cc1ccc(C(O)c2c(F)ccc(Cl)c2Br)s1. The van der Waals surface area contributed by atoms with Crippen LogP contribution in [0.3, 0.4) is 0 Å². The molecule has 0 bridgehead atoms. The van der Waals surface area contributed by atoms with Crippen molar-refractivity contribution >= 4 is 38.9 Å². The Kier molecular flexibility index (Phi) is 3.88. The van der Waals surface area contributed by atoms with Crippen molar-refractivity contribution in [3.63, 3.8) is 0 Å². The molecular formula is C12H9BrClFOS. The van der Waals surface area contributed by atoms with Gasteiger partial charge in [0.25, 0.3) is 0 Å². The summed E-state index contributed by atoms with van der Waals surface area (Å²) in [7, 11) is 0. The number of rotatable bonds is 2. The number of thiophene rings is 1. The van der Waals surface area contributed by atoms with Crippen molar-refractivity contribution in [2.45, 2.75) is 13.0 Å². The lowest BCUT2D eigenvalue weighted by Gasteiger charge is -2.13. The van der Waals surface area contributed by atoms with Crippen molar-refractivity contribution in [2.75, 3.05) is 0 Å². The number of hydrogen-bond donors (Lipinski definition) is 1. The third-order valence-electron chi connectivity index (χ3n) is 2.38. The summed E-state index contributed by atoms with van der Waals surface area (Å²) in [5.41, 5.74) is 0.180. The zero-order valence-electron chi connectivity index (χ0n) is 8.88. The first-order valence-corrected chi connectivity index (χ1v) is 6.87. The molecule has 1 aromatic heterocycles. The van der Waals surface area contributed by atoms with E-state index in [9.17, 15) is 9.50 Å². The average Bonchev–Trinajstić information content (AvgIpc) is 2.71. The van der Waals surface area contributed by atoms with Gasteiger partial charge in [-0.25, -0.2) is 4.39 Å². The van der Waals surface area contributed by atoms with Crippen LogP contribution in [0.4, 0.5) is 4.39 Å². The molecule has 0 aliphatic rings. The Balaban J connectivity index is 2.50. The summed E-state index contributed by atoms with van der Waals surface area (Å²) in [4.78, 5) is 1.77. The number of hydrogen-bond acceptors (Lipinski definition) is 2. The van der Waals surface area contributed by atoms with Crippen LogP contribution in [0.5, 0.6) is 0 Å². The Bertz CT molecular complexity index is 555. The molecule has 2 rings (SSSR count). The van der Waals surface area contributed by atoms with Gasteiger partial charge in [0.1, 0.15) is 11.9 Å². The molecule has 1 heterocycles. The van der Waals surface area contributed by atoms with Crippen molar-refractivity contribution in [3.8, 4) is 0 Å². The van der Waals surface area contributed by atoms with E-state index in [-0.39, 0.29) is 5.56 Å². The van der Waals surface area contributed by atoms with Gasteiger partial charge in [0.15, 0.2) is 0 Å². The van der Waals surface area contributed by atoms with E-state index in [1.807, 2.05) is 13.0 Å². The maximum Gasteiger partial charge on any atom is 0.130 e. The topological polar surface area (TPSA) is 20.2 Å². The summed E-state index contributed by atoms with van der Waals surface area (Å²) in [5.74, 6) is -0.472. The number of aryl methyl sites for hydroxylation is 1. The maximum atomic E-state index is 13.7. The number of benzene rings is 1. The Hall–Kier alpha value is -0.420. The molecule has 0 radical (unpaired) electrons. The Morgan fingerprint density at radius 2 is 2.06 bits per heavy atom. The third kappa shape index (κ3) is 2.55. The molecule has 0 fully saturated rings. The molecule has 90 valence electrons. The highest BCUT2D eigenvalue weighted by Crippen LogP contribution is 2.37. The van der Waals surface area contributed by atoms with Crippen LogP contribution in [0.25, 0.3) is 0 Å². The smallest absolute Gasteiger partial charge is 0.130 e. The molecule has 2 aromatic rings. The molecule has 0 saturated carbocycles. The molecule has 0 amide bonds. The van der Waals surface area contributed by atoms with E-state index < -0.39 is 11.9 Å². The van der Waals surface area contributed by atoms with E-state index >= 15 is 0 Å². The van der Waals surface area contributed by atoms with Gasteiger partial charge in [-0.3, -0.25) is 0 Å². The highest BCUT2D eigenvalue weighted by Gasteiger charge is 2.21. The normalized spacial score (nSPS) is 12.8. The summed E-state index contributed by atoms with van der Waals surface area (Å²) < 4.78 is 14.1. The van der Waals surface area contributed by atoms with Gasteiger partial charge in [-0.15, -0.1) is 11.3 Å². The molecule has 17 heavy (non-hydrogen) atoms. The summed E-state index contributed by atoms with van der Waals surface area (Å²) in [5, 5.41) is 10.6. The van der Waals surface area contributed by atoms with Gasteiger partial charge in [0, 0.05) is 19.8 Å². The van der Waals surface area contributed by atoms with Crippen molar-refractivity contribution in [2.24, 2.45) is 0 Å². The summed E-state index contributed by atoms with van der Waals surface area (Å²) in [6, 6.07) is 6.39. The van der Waals surface area contributed by atoms with Gasteiger partial charge in [0.05, 0.1) is 5.02 Å². The third-order valence-corrected chi connectivity index (χ3v) is 4.83. The Morgan fingerprint density at radius 3 is 2.65 bits per heavy atom. The molecule has 1 unspecified atom stereocenters. The lowest BCUT2D eigenvalue weighted by Crippen LogP contribution is -2.02. The Labute approximate surface area is 116 Å². The van der Waals surface area contributed by atoms with E-state index in [0.717, 1.165) is 4.88 Å². The molecule has 0 aliphatic heterocycles. The molecule has 0 spiro atoms. The highest BCUT2D eigenvalue weighted by atomic mass is 79.9. The molecule has 0 saturated heterocycles. The second kappa shape index (κ2) is 5.06. The van der Waals surface area contributed by atoms with E-state index in [4.69, 9.17) is 11.6 Å². The lowest BCUT2D eigenvalue weighted by atomic mass is 10.1. The molecule has 0 aliphatic carbocycles. The van der Waals surface area contributed by atoms with E-state index in [0.29, 0.717) is 14.4 Å². The highest BCUT2D eigenvalue weighted by molar-refractivity contribution is 9.10. The summed E-state index contributed by atoms with van der Waals surface area (Å²) in [6.07, 6.45) is -0.998. The first-order chi connectivity index (χ1) is 8.00. The monoisotopic (exact) mass is 334 g/mol. The maximum absolute atomic E-state index is 13.7. The standard InChI is InChI=1S/C12H9BrClFOS/c1-6-2-5-9(17-6)12(16)10-8(15)4-3-7(14)11(10)13/h2-5,12,16H,1H3.